The lowest BCUT2D eigenvalue weighted by molar-refractivity contribution is -0.668. The fourth-order valence-corrected chi connectivity index (χ4v) is 2.99. The van der Waals surface area contributed by atoms with E-state index in [1.165, 1.54) is 22.0 Å². The fourth-order valence-electron chi connectivity index (χ4n) is 2.58. The summed E-state index contributed by atoms with van der Waals surface area (Å²) in [5.41, 5.74) is 9.29. The van der Waals surface area contributed by atoms with Crippen LogP contribution < -0.4 is 10.3 Å². The van der Waals surface area contributed by atoms with Crippen LogP contribution in [0.2, 0.25) is 0 Å². The zero-order valence-electron chi connectivity index (χ0n) is 12.2. The predicted molar refractivity (Wildman–Crippen MR) is 96.3 cm³/mol. The molecule has 0 amide bonds. The van der Waals surface area contributed by atoms with Crippen LogP contribution in [0.5, 0.6) is 0 Å². The van der Waals surface area contributed by atoms with Crippen LogP contribution in [0, 0.1) is 0 Å². The SMILES string of the molecule is NCC[n+]1ccc(/C=C/c2ccccc2Br)c2ccccc21. The number of benzene rings is 2. The molecule has 110 valence electrons. The number of nitrogens with two attached hydrogens (primary N) is 1. The molecule has 2 aromatic carbocycles. The molecule has 3 rings (SSSR count). The first-order chi connectivity index (χ1) is 10.8. The molecule has 2 nitrogen and oxygen atoms in total. The first-order valence-corrected chi connectivity index (χ1v) is 8.13. The van der Waals surface area contributed by atoms with Gasteiger partial charge in [-0.3, -0.25) is 0 Å². The summed E-state index contributed by atoms with van der Waals surface area (Å²) in [5.74, 6) is 0. The van der Waals surface area contributed by atoms with Crippen molar-refractivity contribution in [3.8, 4) is 0 Å². The lowest BCUT2D eigenvalue weighted by atomic mass is 10.1. The maximum atomic E-state index is 5.70. The average Bonchev–Trinajstić information content (AvgIpc) is 2.56. The highest BCUT2D eigenvalue weighted by molar-refractivity contribution is 9.10. The summed E-state index contributed by atoms with van der Waals surface area (Å²) in [7, 11) is 0. The number of hydrogen-bond acceptors (Lipinski definition) is 1. The second kappa shape index (κ2) is 6.86. The van der Waals surface area contributed by atoms with Crippen LogP contribution in [-0.2, 0) is 6.54 Å². The number of hydrogen-bond donors (Lipinski definition) is 1. The highest BCUT2D eigenvalue weighted by atomic mass is 79.9. The van der Waals surface area contributed by atoms with Crippen LogP contribution in [0.25, 0.3) is 23.1 Å². The monoisotopic (exact) mass is 353 g/mol. The van der Waals surface area contributed by atoms with Gasteiger partial charge in [0.05, 0.1) is 11.9 Å². The van der Waals surface area contributed by atoms with Crippen LogP contribution in [0.1, 0.15) is 11.1 Å². The maximum Gasteiger partial charge on any atom is 0.213 e. The van der Waals surface area contributed by atoms with Crippen LogP contribution in [0.15, 0.2) is 65.3 Å². The van der Waals surface area contributed by atoms with Gasteiger partial charge in [-0.2, -0.15) is 4.57 Å². The minimum absolute atomic E-state index is 0.640. The Bertz CT molecular complexity index is 825. The highest BCUT2D eigenvalue weighted by Crippen LogP contribution is 2.21. The molecule has 3 aromatic rings. The molecule has 3 heteroatoms. The molecule has 0 aliphatic heterocycles. The van der Waals surface area contributed by atoms with E-state index in [1.54, 1.807) is 0 Å². The van der Waals surface area contributed by atoms with Crippen molar-refractivity contribution >= 4 is 39.0 Å². The van der Waals surface area contributed by atoms with Crippen molar-refractivity contribution in [1.82, 2.24) is 0 Å². The van der Waals surface area contributed by atoms with Crippen molar-refractivity contribution in [2.45, 2.75) is 6.54 Å². The second-order valence-corrected chi connectivity index (χ2v) is 5.98. The van der Waals surface area contributed by atoms with Crippen LogP contribution in [0.4, 0.5) is 0 Å². The van der Waals surface area contributed by atoms with Crippen molar-refractivity contribution in [3.63, 3.8) is 0 Å². The van der Waals surface area contributed by atoms with Gasteiger partial charge in [-0.05, 0) is 23.3 Å². The molecule has 0 bridgehead atoms. The summed E-state index contributed by atoms with van der Waals surface area (Å²) in [4.78, 5) is 0. The lowest BCUT2D eigenvalue weighted by Gasteiger charge is -2.04. The van der Waals surface area contributed by atoms with Crippen LogP contribution >= 0.6 is 15.9 Å². The molecule has 0 atom stereocenters. The number of para-hydroxylation sites is 1. The van der Waals surface area contributed by atoms with Gasteiger partial charge in [-0.25, -0.2) is 0 Å². The molecule has 2 N–H and O–H groups in total. The normalized spacial score (nSPS) is 11.4. The number of rotatable bonds is 4. The molecule has 0 aliphatic rings. The van der Waals surface area contributed by atoms with Gasteiger partial charge >= 0.3 is 0 Å². The van der Waals surface area contributed by atoms with Crippen molar-refractivity contribution in [1.29, 1.82) is 0 Å². The summed E-state index contributed by atoms with van der Waals surface area (Å²) >= 11 is 3.58. The molecular formula is C19H18BrN2+. The summed E-state index contributed by atoms with van der Waals surface area (Å²) in [6.07, 6.45) is 6.41. The highest BCUT2D eigenvalue weighted by Gasteiger charge is 2.09. The second-order valence-electron chi connectivity index (χ2n) is 5.13. The summed E-state index contributed by atoms with van der Waals surface area (Å²) in [5, 5.41) is 1.24. The van der Waals surface area contributed by atoms with Gasteiger partial charge in [-0.1, -0.05) is 58.4 Å². The summed E-state index contributed by atoms with van der Waals surface area (Å²) in [6.45, 7) is 1.47. The minimum atomic E-state index is 0.640. The molecule has 0 aliphatic carbocycles. The number of halogens is 1. The molecule has 1 aromatic heterocycles. The molecule has 0 radical (unpaired) electrons. The molecule has 22 heavy (non-hydrogen) atoms. The molecule has 0 spiro atoms. The first kappa shape index (κ1) is 14.9. The van der Waals surface area contributed by atoms with Gasteiger partial charge in [0.15, 0.2) is 12.7 Å². The Balaban J connectivity index is 2.05. The summed E-state index contributed by atoms with van der Waals surface area (Å²) in [6, 6.07) is 18.8. The van der Waals surface area contributed by atoms with Crippen molar-refractivity contribution < 1.29 is 4.57 Å². The van der Waals surface area contributed by atoms with Gasteiger partial charge in [0, 0.05) is 16.6 Å². The molecule has 0 saturated heterocycles. The van der Waals surface area contributed by atoms with Crippen molar-refractivity contribution in [2.75, 3.05) is 6.54 Å². The number of fused-ring (bicyclic) bond motifs is 1. The van der Waals surface area contributed by atoms with E-state index in [0.29, 0.717) is 6.54 Å². The Hall–Kier alpha value is -1.97. The zero-order chi connectivity index (χ0) is 15.4. The zero-order valence-corrected chi connectivity index (χ0v) is 13.8. The van der Waals surface area contributed by atoms with E-state index in [0.717, 1.165) is 11.0 Å². The molecule has 0 saturated carbocycles. The van der Waals surface area contributed by atoms with Crippen molar-refractivity contribution in [3.05, 3.63) is 76.4 Å². The first-order valence-electron chi connectivity index (χ1n) is 7.33. The maximum absolute atomic E-state index is 5.70. The Morgan fingerprint density at radius 2 is 1.64 bits per heavy atom. The number of aromatic nitrogens is 1. The Morgan fingerprint density at radius 3 is 2.45 bits per heavy atom. The van der Waals surface area contributed by atoms with E-state index in [-0.39, 0.29) is 0 Å². The van der Waals surface area contributed by atoms with Gasteiger partial charge < -0.3 is 5.73 Å². The third-order valence-electron chi connectivity index (χ3n) is 3.68. The Labute approximate surface area is 139 Å². The third-order valence-corrected chi connectivity index (χ3v) is 4.40. The fraction of sp³-hybridized carbons (Fsp3) is 0.105. The standard InChI is InChI=1S/C19H18BrN2/c20-18-7-3-1-5-16(18)10-9-15-11-13-22(14-12-21)19-8-4-2-6-17(15)19/h1-11,13H,12,14,21H2/q+1/b10-9+. The molecule has 0 fully saturated rings. The van der Waals surface area contributed by atoms with E-state index < -0.39 is 0 Å². The topological polar surface area (TPSA) is 29.9 Å². The smallest absolute Gasteiger partial charge is 0.213 e. The third kappa shape index (κ3) is 3.11. The summed E-state index contributed by atoms with van der Waals surface area (Å²) < 4.78 is 3.30. The van der Waals surface area contributed by atoms with Crippen molar-refractivity contribution in [2.24, 2.45) is 5.73 Å². The van der Waals surface area contributed by atoms with Crippen LogP contribution in [0.3, 0.4) is 0 Å². The molecule has 0 unspecified atom stereocenters. The Morgan fingerprint density at radius 1 is 0.909 bits per heavy atom. The number of nitrogens with zero attached hydrogens (tertiary/aromatic N) is 1. The van der Waals surface area contributed by atoms with E-state index in [9.17, 15) is 0 Å². The Kier molecular flexibility index (Phi) is 4.66. The minimum Gasteiger partial charge on any atom is -0.325 e. The van der Waals surface area contributed by atoms with E-state index in [4.69, 9.17) is 5.73 Å². The largest absolute Gasteiger partial charge is 0.325 e. The van der Waals surface area contributed by atoms with Gasteiger partial charge in [-0.15, -0.1) is 0 Å². The van der Waals surface area contributed by atoms with E-state index >= 15 is 0 Å². The van der Waals surface area contributed by atoms with Gasteiger partial charge in [0.25, 0.3) is 0 Å². The predicted octanol–water partition coefficient (Wildman–Crippen LogP) is 4.02. The average molecular weight is 354 g/mol. The van der Waals surface area contributed by atoms with Gasteiger partial charge in [0.1, 0.15) is 0 Å². The van der Waals surface area contributed by atoms with E-state index in [1.807, 2.05) is 12.1 Å². The quantitative estimate of drug-likeness (QED) is 0.705. The lowest BCUT2D eigenvalue weighted by Crippen LogP contribution is -2.37. The molecule has 1 heterocycles. The number of pyridine rings is 1. The molecular weight excluding hydrogens is 336 g/mol. The van der Waals surface area contributed by atoms with Crippen LogP contribution in [-0.4, -0.2) is 6.54 Å². The van der Waals surface area contributed by atoms with E-state index in [2.05, 4.69) is 81.3 Å². The van der Waals surface area contributed by atoms with Gasteiger partial charge in [0.2, 0.25) is 5.52 Å².